The molecular formula is C11H14N2O2S. The molecule has 0 saturated carbocycles. The standard InChI is InChI=1S/C11H14N2O2S/c1-12-6-10-13-11-8(15-3)4-7(14-2)5-9(11)16-10/h4-5,12H,6H2,1-3H3. The van der Waals surface area contributed by atoms with Crippen LogP contribution in [0.3, 0.4) is 0 Å². The molecule has 1 N–H and O–H groups in total. The average molecular weight is 238 g/mol. The Hall–Kier alpha value is -1.33. The first-order chi connectivity index (χ1) is 7.78. The second kappa shape index (κ2) is 4.67. The van der Waals surface area contributed by atoms with E-state index in [1.807, 2.05) is 19.2 Å². The molecule has 0 bridgehead atoms. The fraction of sp³-hybridized carbons (Fsp3) is 0.364. The highest BCUT2D eigenvalue weighted by atomic mass is 32.1. The summed E-state index contributed by atoms with van der Waals surface area (Å²) in [4.78, 5) is 4.52. The van der Waals surface area contributed by atoms with E-state index in [4.69, 9.17) is 9.47 Å². The van der Waals surface area contributed by atoms with Gasteiger partial charge in [0.05, 0.1) is 18.9 Å². The zero-order chi connectivity index (χ0) is 11.5. The zero-order valence-corrected chi connectivity index (χ0v) is 10.4. The Morgan fingerprint density at radius 3 is 2.75 bits per heavy atom. The van der Waals surface area contributed by atoms with Gasteiger partial charge in [0.25, 0.3) is 0 Å². The van der Waals surface area contributed by atoms with Crippen molar-refractivity contribution in [2.75, 3.05) is 21.3 Å². The molecule has 2 aromatic rings. The van der Waals surface area contributed by atoms with E-state index in [0.717, 1.165) is 33.3 Å². The summed E-state index contributed by atoms with van der Waals surface area (Å²) in [5.41, 5.74) is 0.901. The molecule has 0 aliphatic carbocycles. The quantitative estimate of drug-likeness (QED) is 0.885. The van der Waals surface area contributed by atoms with Gasteiger partial charge in [0, 0.05) is 12.6 Å². The first-order valence-electron chi connectivity index (χ1n) is 4.94. The Morgan fingerprint density at radius 2 is 2.12 bits per heavy atom. The van der Waals surface area contributed by atoms with E-state index in [2.05, 4.69) is 10.3 Å². The number of hydrogen-bond acceptors (Lipinski definition) is 5. The molecule has 1 heterocycles. The number of benzene rings is 1. The fourth-order valence-electron chi connectivity index (χ4n) is 1.52. The lowest BCUT2D eigenvalue weighted by Crippen LogP contribution is -2.03. The van der Waals surface area contributed by atoms with Gasteiger partial charge in [0.2, 0.25) is 0 Å². The Kier molecular flexibility index (Phi) is 3.26. The second-order valence-electron chi connectivity index (χ2n) is 3.31. The van der Waals surface area contributed by atoms with E-state index in [9.17, 15) is 0 Å². The van der Waals surface area contributed by atoms with Gasteiger partial charge in [-0.3, -0.25) is 0 Å². The van der Waals surface area contributed by atoms with Crippen molar-refractivity contribution < 1.29 is 9.47 Å². The number of aromatic nitrogens is 1. The van der Waals surface area contributed by atoms with Crippen LogP contribution in [0.5, 0.6) is 11.5 Å². The molecule has 0 saturated heterocycles. The van der Waals surface area contributed by atoms with Crippen LogP contribution in [0.15, 0.2) is 12.1 Å². The van der Waals surface area contributed by atoms with Crippen molar-refractivity contribution in [1.82, 2.24) is 10.3 Å². The van der Waals surface area contributed by atoms with Crippen LogP contribution in [0.1, 0.15) is 5.01 Å². The molecule has 1 aromatic carbocycles. The number of methoxy groups -OCH3 is 2. The van der Waals surface area contributed by atoms with Crippen LogP contribution in [0.2, 0.25) is 0 Å². The topological polar surface area (TPSA) is 43.4 Å². The Labute approximate surface area is 98.2 Å². The van der Waals surface area contributed by atoms with Crippen LogP contribution in [0.25, 0.3) is 10.2 Å². The van der Waals surface area contributed by atoms with Gasteiger partial charge in [-0.05, 0) is 13.1 Å². The Balaban J connectivity index is 2.55. The second-order valence-corrected chi connectivity index (χ2v) is 4.43. The minimum atomic E-state index is 0.757. The highest BCUT2D eigenvalue weighted by Gasteiger charge is 2.10. The number of rotatable bonds is 4. The predicted molar refractivity (Wildman–Crippen MR) is 65.5 cm³/mol. The lowest BCUT2D eigenvalue weighted by atomic mass is 10.3. The molecule has 0 aliphatic heterocycles. The van der Waals surface area contributed by atoms with Gasteiger partial charge in [-0.15, -0.1) is 11.3 Å². The largest absolute Gasteiger partial charge is 0.497 e. The van der Waals surface area contributed by atoms with E-state index < -0.39 is 0 Å². The number of ether oxygens (including phenoxy) is 2. The lowest BCUT2D eigenvalue weighted by Gasteiger charge is -2.03. The predicted octanol–water partition coefficient (Wildman–Crippen LogP) is 2.03. The van der Waals surface area contributed by atoms with Crippen molar-refractivity contribution in [3.63, 3.8) is 0 Å². The molecule has 0 aliphatic rings. The maximum absolute atomic E-state index is 5.31. The summed E-state index contributed by atoms with van der Waals surface area (Å²) < 4.78 is 11.6. The Bertz CT molecular complexity index is 496. The third-order valence-electron chi connectivity index (χ3n) is 2.26. The average Bonchev–Trinajstić information content (AvgIpc) is 2.70. The molecule has 0 fully saturated rings. The van der Waals surface area contributed by atoms with Gasteiger partial charge in [0.1, 0.15) is 22.0 Å². The van der Waals surface area contributed by atoms with Crippen molar-refractivity contribution in [2.24, 2.45) is 0 Å². The first kappa shape index (κ1) is 11.2. The third kappa shape index (κ3) is 1.96. The van der Waals surface area contributed by atoms with Crippen molar-refractivity contribution in [2.45, 2.75) is 6.54 Å². The zero-order valence-electron chi connectivity index (χ0n) is 9.53. The maximum atomic E-state index is 5.31. The maximum Gasteiger partial charge on any atom is 0.149 e. The normalized spacial score (nSPS) is 10.7. The number of nitrogens with zero attached hydrogens (tertiary/aromatic N) is 1. The summed E-state index contributed by atoms with van der Waals surface area (Å²) >= 11 is 1.65. The van der Waals surface area contributed by atoms with Crippen LogP contribution >= 0.6 is 11.3 Å². The molecule has 5 heteroatoms. The minimum absolute atomic E-state index is 0.757. The molecule has 2 rings (SSSR count). The molecule has 0 amide bonds. The molecule has 1 aromatic heterocycles. The van der Waals surface area contributed by atoms with E-state index in [1.54, 1.807) is 25.6 Å². The molecule has 0 unspecified atom stereocenters. The van der Waals surface area contributed by atoms with E-state index in [-0.39, 0.29) is 0 Å². The number of hydrogen-bond donors (Lipinski definition) is 1. The van der Waals surface area contributed by atoms with Gasteiger partial charge < -0.3 is 14.8 Å². The van der Waals surface area contributed by atoms with Gasteiger partial charge in [-0.2, -0.15) is 0 Å². The summed E-state index contributed by atoms with van der Waals surface area (Å²) in [5.74, 6) is 1.55. The number of nitrogens with one attached hydrogen (secondary N) is 1. The summed E-state index contributed by atoms with van der Waals surface area (Å²) in [7, 11) is 5.20. The summed E-state index contributed by atoms with van der Waals surface area (Å²) in [5, 5.41) is 4.13. The van der Waals surface area contributed by atoms with Crippen LogP contribution in [-0.4, -0.2) is 26.3 Å². The smallest absolute Gasteiger partial charge is 0.149 e. The molecule has 0 atom stereocenters. The van der Waals surface area contributed by atoms with Crippen molar-refractivity contribution in [3.05, 3.63) is 17.1 Å². The molecule has 0 radical (unpaired) electrons. The molecule has 0 spiro atoms. The van der Waals surface area contributed by atoms with Gasteiger partial charge in [-0.1, -0.05) is 0 Å². The van der Waals surface area contributed by atoms with Crippen molar-refractivity contribution >= 4 is 21.6 Å². The SMILES string of the molecule is CNCc1nc2c(OC)cc(OC)cc2s1. The summed E-state index contributed by atoms with van der Waals surface area (Å²) in [6, 6.07) is 3.83. The lowest BCUT2D eigenvalue weighted by molar-refractivity contribution is 0.397. The minimum Gasteiger partial charge on any atom is -0.497 e. The van der Waals surface area contributed by atoms with Crippen LogP contribution in [-0.2, 0) is 6.54 Å². The highest BCUT2D eigenvalue weighted by molar-refractivity contribution is 7.18. The van der Waals surface area contributed by atoms with Crippen LogP contribution in [0.4, 0.5) is 0 Å². The monoisotopic (exact) mass is 238 g/mol. The molecule has 86 valence electrons. The fourth-order valence-corrected chi connectivity index (χ4v) is 2.55. The summed E-state index contributed by atoms with van der Waals surface area (Å²) in [6.07, 6.45) is 0. The first-order valence-corrected chi connectivity index (χ1v) is 5.76. The van der Waals surface area contributed by atoms with Gasteiger partial charge in [-0.25, -0.2) is 4.98 Å². The Morgan fingerprint density at radius 1 is 1.31 bits per heavy atom. The van der Waals surface area contributed by atoms with Crippen LogP contribution in [0, 0.1) is 0 Å². The van der Waals surface area contributed by atoms with E-state index >= 15 is 0 Å². The van der Waals surface area contributed by atoms with Crippen molar-refractivity contribution in [3.8, 4) is 11.5 Å². The van der Waals surface area contributed by atoms with E-state index in [0.29, 0.717) is 0 Å². The molecule has 4 nitrogen and oxygen atoms in total. The van der Waals surface area contributed by atoms with E-state index in [1.165, 1.54) is 0 Å². The van der Waals surface area contributed by atoms with Gasteiger partial charge in [0.15, 0.2) is 0 Å². The number of fused-ring (bicyclic) bond motifs is 1. The molecule has 16 heavy (non-hydrogen) atoms. The highest BCUT2D eigenvalue weighted by Crippen LogP contribution is 2.34. The third-order valence-corrected chi connectivity index (χ3v) is 3.26. The molecular weight excluding hydrogens is 224 g/mol. The van der Waals surface area contributed by atoms with Crippen molar-refractivity contribution in [1.29, 1.82) is 0 Å². The summed E-state index contributed by atoms with van der Waals surface area (Å²) in [6.45, 7) is 0.769. The number of thiazole rings is 1. The van der Waals surface area contributed by atoms with Gasteiger partial charge >= 0.3 is 0 Å². The van der Waals surface area contributed by atoms with Crippen LogP contribution < -0.4 is 14.8 Å².